The van der Waals surface area contributed by atoms with Gasteiger partial charge in [-0.15, -0.1) is 0 Å². The Hall–Kier alpha value is -3.91. The number of esters is 1. The molecule has 1 aliphatic rings. The first-order valence-corrected chi connectivity index (χ1v) is 11.6. The summed E-state index contributed by atoms with van der Waals surface area (Å²) in [4.78, 5) is 16.6. The van der Waals surface area contributed by atoms with Crippen molar-refractivity contribution in [3.8, 4) is 11.5 Å². The van der Waals surface area contributed by atoms with E-state index < -0.39 is 16.1 Å². The molecule has 0 fully saturated rings. The zero-order valence-electron chi connectivity index (χ0n) is 18.0. The van der Waals surface area contributed by atoms with E-state index in [1.54, 1.807) is 43.3 Å². The lowest BCUT2D eigenvalue weighted by Crippen LogP contribution is -2.10. The molecule has 0 unspecified atom stereocenters. The van der Waals surface area contributed by atoms with Gasteiger partial charge in [-0.05, 0) is 61.9 Å². The average molecular weight is 464 g/mol. The second-order valence-electron chi connectivity index (χ2n) is 7.19. The first kappa shape index (κ1) is 22.3. The van der Waals surface area contributed by atoms with Crippen molar-refractivity contribution >= 4 is 28.1 Å². The molecule has 0 saturated heterocycles. The van der Waals surface area contributed by atoms with Gasteiger partial charge in [-0.25, -0.2) is 9.79 Å². The molecule has 0 amide bonds. The Balaban J connectivity index is 1.63. The highest BCUT2D eigenvalue weighted by atomic mass is 32.2. The van der Waals surface area contributed by atoms with E-state index in [-0.39, 0.29) is 28.0 Å². The van der Waals surface area contributed by atoms with Crippen LogP contribution in [-0.4, -0.2) is 26.9 Å². The summed E-state index contributed by atoms with van der Waals surface area (Å²) in [5.74, 6) is -0.0816. The molecule has 7 nitrogen and oxygen atoms in total. The summed E-state index contributed by atoms with van der Waals surface area (Å²) < 4.78 is 41.4. The van der Waals surface area contributed by atoms with Crippen molar-refractivity contribution in [1.82, 2.24) is 0 Å². The van der Waals surface area contributed by atoms with Gasteiger partial charge in [-0.3, -0.25) is 0 Å². The maximum Gasteiger partial charge on any atom is 0.363 e. The molecule has 168 valence electrons. The van der Waals surface area contributed by atoms with Crippen molar-refractivity contribution < 1.29 is 26.9 Å². The summed E-state index contributed by atoms with van der Waals surface area (Å²) in [6.07, 6.45) is 1.54. The van der Waals surface area contributed by atoms with Crippen LogP contribution in [0.3, 0.4) is 0 Å². The summed E-state index contributed by atoms with van der Waals surface area (Å²) in [5.41, 5.74) is 2.48. The molecule has 4 rings (SSSR count). The van der Waals surface area contributed by atoms with Gasteiger partial charge < -0.3 is 13.7 Å². The molecule has 0 radical (unpaired) electrons. The Morgan fingerprint density at radius 1 is 0.970 bits per heavy atom. The molecule has 0 aliphatic carbocycles. The minimum atomic E-state index is -4.03. The lowest BCUT2D eigenvalue weighted by Gasteiger charge is -2.12. The third kappa shape index (κ3) is 5.12. The van der Waals surface area contributed by atoms with Gasteiger partial charge in [0.05, 0.1) is 6.61 Å². The van der Waals surface area contributed by atoms with E-state index in [2.05, 4.69) is 4.99 Å². The van der Waals surface area contributed by atoms with Crippen molar-refractivity contribution in [2.24, 2.45) is 4.99 Å². The highest BCUT2D eigenvalue weighted by molar-refractivity contribution is 7.87. The molecular formula is C25H21NO6S. The molecular weight excluding hydrogens is 442 g/mol. The average Bonchev–Trinajstić information content (AvgIpc) is 3.17. The lowest BCUT2D eigenvalue weighted by molar-refractivity contribution is -0.129. The van der Waals surface area contributed by atoms with Gasteiger partial charge in [0.1, 0.15) is 4.90 Å². The number of carbonyl (C=O) groups is 1. The van der Waals surface area contributed by atoms with Crippen molar-refractivity contribution in [3.63, 3.8) is 0 Å². The number of nitrogens with zero attached hydrogens (tertiary/aromatic N) is 1. The van der Waals surface area contributed by atoms with Gasteiger partial charge in [0.25, 0.3) is 0 Å². The maximum absolute atomic E-state index is 12.6. The fourth-order valence-electron chi connectivity index (χ4n) is 3.09. The minimum absolute atomic E-state index is 0.0327. The van der Waals surface area contributed by atoms with E-state index in [1.165, 1.54) is 18.2 Å². The summed E-state index contributed by atoms with van der Waals surface area (Å²) in [5, 5.41) is 0. The largest absolute Gasteiger partial charge is 0.490 e. The number of aliphatic imine (C=N–C) groups is 1. The third-order valence-corrected chi connectivity index (χ3v) is 5.97. The van der Waals surface area contributed by atoms with Crippen LogP contribution >= 0.6 is 0 Å². The molecule has 0 saturated carbocycles. The SMILES string of the molecule is CCOc1cc(C=C2N=C(c3ccc(C)cc3)OC2=O)ccc1OS(=O)(=O)c1ccccc1. The molecule has 0 atom stereocenters. The predicted octanol–water partition coefficient (Wildman–Crippen LogP) is 4.51. The van der Waals surface area contributed by atoms with Gasteiger partial charge in [0.2, 0.25) is 5.90 Å². The molecule has 1 heterocycles. The number of benzene rings is 3. The molecule has 3 aromatic rings. The molecule has 0 N–H and O–H groups in total. The van der Waals surface area contributed by atoms with E-state index in [0.717, 1.165) is 5.56 Å². The minimum Gasteiger partial charge on any atom is -0.490 e. The molecule has 3 aromatic carbocycles. The maximum atomic E-state index is 12.6. The number of hydrogen-bond acceptors (Lipinski definition) is 7. The zero-order valence-corrected chi connectivity index (χ0v) is 18.8. The van der Waals surface area contributed by atoms with Gasteiger partial charge in [0, 0.05) is 5.56 Å². The van der Waals surface area contributed by atoms with Crippen LogP contribution in [-0.2, 0) is 19.6 Å². The van der Waals surface area contributed by atoms with E-state index in [1.807, 2.05) is 31.2 Å². The molecule has 8 heteroatoms. The monoisotopic (exact) mass is 463 g/mol. The number of rotatable bonds is 7. The highest BCUT2D eigenvalue weighted by Gasteiger charge is 2.24. The van der Waals surface area contributed by atoms with E-state index >= 15 is 0 Å². The first-order chi connectivity index (χ1) is 15.9. The van der Waals surface area contributed by atoms with Crippen molar-refractivity contribution in [2.45, 2.75) is 18.7 Å². The summed E-state index contributed by atoms with van der Waals surface area (Å²) in [7, 11) is -4.03. The van der Waals surface area contributed by atoms with Crippen molar-refractivity contribution in [2.75, 3.05) is 6.61 Å². The Morgan fingerprint density at radius 2 is 1.70 bits per heavy atom. The summed E-state index contributed by atoms with van der Waals surface area (Å²) in [6.45, 7) is 4.03. The second kappa shape index (κ2) is 9.30. The fourth-order valence-corrected chi connectivity index (χ4v) is 4.05. The topological polar surface area (TPSA) is 91.3 Å². The van der Waals surface area contributed by atoms with Crippen LogP contribution in [0.2, 0.25) is 0 Å². The Bertz CT molecular complexity index is 1340. The van der Waals surface area contributed by atoms with Crippen molar-refractivity contribution in [3.05, 3.63) is 95.2 Å². The van der Waals surface area contributed by atoms with Gasteiger partial charge >= 0.3 is 16.1 Å². The predicted molar refractivity (Wildman–Crippen MR) is 124 cm³/mol. The molecule has 0 aromatic heterocycles. The van der Waals surface area contributed by atoms with Crippen LogP contribution in [0.1, 0.15) is 23.6 Å². The number of cyclic esters (lactones) is 1. The van der Waals surface area contributed by atoms with Gasteiger partial charge in [-0.2, -0.15) is 8.42 Å². The van der Waals surface area contributed by atoms with Crippen LogP contribution < -0.4 is 8.92 Å². The molecule has 0 spiro atoms. The van der Waals surface area contributed by atoms with Gasteiger partial charge in [0.15, 0.2) is 17.2 Å². The smallest absolute Gasteiger partial charge is 0.363 e. The molecule has 33 heavy (non-hydrogen) atoms. The standard InChI is InChI=1S/C25H21NO6S/c1-3-30-23-16-18(11-14-22(23)32-33(28,29)20-7-5-4-6-8-20)15-21-25(27)31-24(26-21)19-12-9-17(2)10-13-19/h4-16H,3H2,1-2H3. The number of carbonyl (C=O) groups excluding carboxylic acids is 1. The van der Waals surface area contributed by atoms with E-state index in [9.17, 15) is 13.2 Å². The summed E-state index contributed by atoms with van der Waals surface area (Å²) >= 11 is 0. The van der Waals surface area contributed by atoms with Crippen LogP contribution in [0.15, 0.2) is 88.4 Å². The van der Waals surface area contributed by atoms with Gasteiger partial charge in [-0.1, -0.05) is 42.0 Å². The van der Waals surface area contributed by atoms with E-state index in [0.29, 0.717) is 17.7 Å². The summed E-state index contributed by atoms with van der Waals surface area (Å²) in [6, 6.07) is 20.0. The lowest BCUT2D eigenvalue weighted by atomic mass is 10.1. The highest BCUT2D eigenvalue weighted by Crippen LogP contribution is 2.32. The third-order valence-electron chi connectivity index (χ3n) is 4.72. The fraction of sp³-hybridized carbons (Fsp3) is 0.120. The van der Waals surface area contributed by atoms with Crippen molar-refractivity contribution in [1.29, 1.82) is 0 Å². The zero-order chi connectivity index (χ0) is 23.4. The quantitative estimate of drug-likeness (QED) is 0.291. The molecule has 1 aliphatic heterocycles. The van der Waals surface area contributed by atoms with Crippen LogP contribution in [0, 0.1) is 6.92 Å². The molecule has 0 bridgehead atoms. The Labute approximate surface area is 192 Å². The van der Waals surface area contributed by atoms with Crippen LogP contribution in [0.5, 0.6) is 11.5 Å². The number of aryl methyl sites for hydroxylation is 1. The normalized spacial score (nSPS) is 14.7. The first-order valence-electron chi connectivity index (χ1n) is 10.2. The van der Waals surface area contributed by atoms with E-state index in [4.69, 9.17) is 13.7 Å². The Morgan fingerprint density at radius 3 is 2.39 bits per heavy atom. The van der Waals surface area contributed by atoms with Crippen LogP contribution in [0.25, 0.3) is 6.08 Å². The second-order valence-corrected chi connectivity index (χ2v) is 8.74. The number of ether oxygens (including phenoxy) is 2. The number of hydrogen-bond donors (Lipinski definition) is 0. The Kier molecular flexibility index (Phi) is 6.28. The van der Waals surface area contributed by atoms with Crippen LogP contribution in [0.4, 0.5) is 0 Å².